The summed E-state index contributed by atoms with van der Waals surface area (Å²) in [6, 6.07) is 0. The van der Waals surface area contributed by atoms with Crippen molar-refractivity contribution >= 4 is 19.8 Å². The van der Waals surface area contributed by atoms with E-state index in [9.17, 15) is 19.0 Å². The van der Waals surface area contributed by atoms with Crippen LogP contribution in [0.1, 0.15) is 309 Å². The highest BCUT2D eigenvalue weighted by Crippen LogP contribution is 2.43. The number of hydrogen-bond donors (Lipinski definition) is 2. The maximum absolute atomic E-state index is 12.8. The summed E-state index contributed by atoms with van der Waals surface area (Å²) in [6.45, 7) is 3.54. The summed E-state index contributed by atoms with van der Waals surface area (Å²) in [5.41, 5.74) is 5.41. The van der Waals surface area contributed by atoms with Gasteiger partial charge in [0.1, 0.15) is 6.61 Å². The number of phosphoric ester groups is 1. The van der Waals surface area contributed by atoms with Gasteiger partial charge in [-0.25, -0.2) is 4.57 Å². The Morgan fingerprint density at radius 2 is 0.598 bits per heavy atom. The fourth-order valence-electron chi connectivity index (χ4n) is 9.85. The minimum atomic E-state index is -4.40. The Bertz CT molecular complexity index is 1890. The lowest BCUT2D eigenvalue weighted by molar-refractivity contribution is -0.161. The van der Waals surface area contributed by atoms with Crippen LogP contribution >= 0.6 is 7.82 Å². The molecule has 0 rings (SSSR count). The number of rotatable bonds is 66. The van der Waals surface area contributed by atoms with Crippen molar-refractivity contribution in [2.75, 3.05) is 26.4 Å². The lowest BCUT2D eigenvalue weighted by Crippen LogP contribution is -2.29. The van der Waals surface area contributed by atoms with E-state index in [2.05, 4.69) is 148 Å². The molecule has 9 nitrogen and oxygen atoms in total. The molecule has 0 saturated carbocycles. The first-order chi connectivity index (χ1) is 42.8. The van der Waals surface area contributed by atoms with Crippen LogP contribution in [0.4, 0.5) is 0 Å². The summed E-state index contributed by atoms with van der Waals surface area (Å²) in [6.07, 6.45) is 101. The predicted molar refractivity (Wildman–Crippen MR) is 376 cm³/mol. The van der Waals surface area contributed by atoms with E-state index in [4.69, 9.17) is 24.3 Å². The SMILES string of the molecule is CC/C=C\C/C=C\C/C=C\C/C=C\C/C=C\C/C=C\CCCCCCCCCCCCCCCCCCCCC(=O)OC(COC(=O)CCCCCCCCCCCCCCC/C=C\C/C=C\C/C=C\C/C=C\C/C=C\CC)COP(=O)(O)OCCN. The van der Waals surface area contributed by atoms with Gasteiger partial charge < -0.3 is 20.1 Å². The molecule has 0 bridgehead atoms. The summed E-state index contributed by atoms with van der Waals surface area (Å²) >= 11 is 0. The van der Waals surface area contributed by atoms with Crippen LogP contribution in [0, 0.1) is 0 Å². The van der Waals surface area contributed by atoms with Gasteiger partial charge in [-0.15, -0.1) is 0 Å². The van der Waals surface area contributed by atoms with E-state index >= 15 is 0 Å². The van der Waals surface area contributed by atoms with Gasteiger partial charge >= 0.3 is 19.8 Å². The van der Waals surface area contributed by atoms with E-state index in [0.717, 1.165) is 109 Å². The second-order valence-electron chi connectivity index (χ2n) is 23.3. The minimum Gasteiger partial charge on any atom is -0.462 e. The summed E-state index contributed by atoms with van der Waals surface area (Å²) < 4.78 is 33.2. The molecule has 0 fully saturated rings. The molecular formula is C77H132NO8P. The number of nitrogens with two attached hydrogens (primary N) is 1. The van der Waals surface area contributed by atoms with E-state index in [1.165, 1.54) is 167 Å². The Morgan fingerprint density at radius 1 is 0.345 bits per heavy atom. The monoisotopic (exact) mass is 1230 g/mol. The average Bonchev–Trinajstić information content (AvgIpc) is 3.65. The van der Waals surface area contributed by atoms with Crippen molar-refractivity contribution in [1.29, 1.82) is 0 Å². The molecule has 0 aromatic carbocycles. The zero-order valence-corrected chi connectivity index (χ0v) is 56.9. The number of carbonyl (C=O) groups is 2. The molecule has 0 radical (unpaired) electrons. The van der Waals surface area contributed by atoms with Gasteiger partial charge in [-0.05, 0) is 109 Å². The van der Waals surface area contributed by atoms with Crippen molar-refractivity contribution in [3.05, 3.63) is 134 Å². The highest BCUT2D eigenvalue weighted by molar-refractivity contribution is 7.47. The van der Waals surface area contributed by atoms with Crippen molar-refractivity contribution in [2.45, 2.75) is 315 Å². The number of allylic oxidation sites excluding steroid dienone is 22. The average molecular weight is 1230 g/mol. The number of carbonyl (C=O) groups excluding carboxylic acids is 2. The topological polar surface area (TPSA) is 134 Å². The Balaban J connectivity index is 3.87. The molecule has 0 aliphatic heterocycles. The van der Waals surface area contributed by atoms with Crippen molar-refractivity contribution in [3.8, 4) is 0 Å². The van der Waals surface area contributed by atoms with Crippen LogP contribution < -0.4 is 5.73 Å². The number of unbranched alkanes of at least 4 members (excludes halogenated alkanes) is 31. The molecule has 498 valence electrons. The number of esters is 2. The second kappa shape index (κ2) is 71.2. The van der Waals surface area contributed by atoms with Crippen molar-refractivity contribution in [1.82, 2.24) is 0 Å². The van der Waals surface area contributed by atoms with Crippen molar-refractivity contribution < 1.29 is 37.6 Å². The van der Waals surface area contributed by atoms with Crippen LogP contribution in [0.3, 0.4) is 0 Å². The van der Waals surface area contributed by atoms with Gasteiger partial charge in [0.2, 0.25) is 0 Å². The van der Waals surface area contributed by atoms with E-state index in [0.29, 0.717) is 6.42 Å². The summed E-state index contributed by atoms with van der Waals surface area (Å²) in [5, 5.41) is 0. The third kappa shape index (κ3) is 71.1. The van der Waals surface area contributed by atoms with Gasteiger partial charge in [0.25, 0.3) is 0 Å². The maximum Gasteiger partial charge on any atom is 0.472 e. The molecule has 10 heteroatoms. The first kappa shape index (κ1) is 83.2. The molecule has 0 saturated heterocycles. The van der Waals surface area contributed by atoms with Crippen LogP contribution in [0.25, 0.3) is 0 Å². The summed E-state index contributed by atoms with van der Waals surface area (Å²) in [4.78, 5) is 35.4. The Morgan fingerprint density at radius 3 is 0.885 bits per heavy atom. The second-order valence-corrected chi connectivity index (χ2v) is 24.8. The zero-order valence-electron chi connectivity index (χ0n) is 56.0. The molecule has 0 aromatic heterocycles. The third-order valence-electron chi connectivity index (χ3n) is 15.0. The van der Waals surface area contributed by atoms with Crippen LogP contribution in [-0.2, 0) is 32.7 Å². The molecule has 0 aromatic rings. The largest absolute Gasteiger partial charge is 0.472 e. The molecule has 0 aliphatic carbocycles. The predicted octanol–water partition coefficient (Wildman–Crippen LogP) is 23.6. The summed E-state index contributed by atoms with van der Waals surface area (Å²) in [5.74, 6) is -0.824. The molecule has 2 atom stereocenters. The van der Waals surface area contributed by atoms with Gasteiger partial charge in [0.05, 0.1) is 13.2 Å². The zero-order chi connectivity index (χ0) is 63.0. The molecule has 0 amide bonds. The van der Waals surface area contributed by atoms with E-state index in [1.54, 1.807) is 0 Å². The maximum atomic E-state index is 12.8. The molecule has 3 N–H and O–H groups in total. The fourth-order valence-corrected chi connectivity index (χ4v) is 10.6. The van der Waals surface area contributed by atoms with Gasteiger partial charge in [-0.3, -0.25) is 18.6 Å². The van der Waals surface area contributed by atoms with Gasteiger partial charge in [0, 0.05) is 19.4 Å². The lowest BCUT2D eigenvalue weighted by atomic mass is 10.0. The molecule has 0 spiro atoms. The Kier molecular flexibility index (Phi) is 68.1. The standard InChI is InChI=1S/C77H132NO8P/c1-3-5-7-9-11-13-15-17-19-21-23-25-27-29-31-33-34-35-36-37-38-39-40-42-44-46-48-50-52-54-56-58-60-62-64-66-68-70-77(80)86-75(74-85-87(81,82)84-72-71-78)73-83-76(79)69-67-65-63-61-59-57-55-53-51-49-47-45-43-41-32-30-28-26-24-22-20-18-16-14-12-10-8-6-4-2/h5-8,11-14,17-20,23-26,29-32,34-35,75H,3-4,9-10,15-16,21-22,27-28,33,36-74,78H2,1-2H3,(H,81,82)/b7-5-,8-6-,13-11-,14-12-,19-17-,20-18-,25-23-,26-24-,31-29-,32-30-,35-34-. The highest BCUT2D eigenvalue weighted by atomic mass is 31.2. The lowest BCUT2D eigenvalue weighted by Gasteiger charge is -2.19. The van der Waals surface area contributed by atoms with E-state index in [-0.39, 0.29) is 38.6 Å². The molecular weight excluding hydrogens is 1100 g/mol. The minimum absolute atomic E-state index is 0.0496. The van der Waals surface area contributed by atoms with Crippen LogP contribution in [-0.4, -0.2) is 49.3 Å². The van der Waals surface area contributed by atoms with Gasteiger partial charge in [-0.1, -0.05) is 321 Å². The van der Waals surface area contributed by atoms with Gasteiger partial charge in [0.15, 0.2) is 6.10 Å². The Hall–Kier alpha value is -3.85. The fraction of sp³-hybridized carbons (Fsp3) is 0.688. The number of hydrogen-bond acceptors (Lipinski definition) is 8. The van der Waals surface area contributed by atoms with Crippen LogP contribution in [0.2, 0.25) is 0 Å². The molecule has 87 heavy (non-hydrogen) atoms. The quantitative estimate of drug-likeness (QED) is 0.0264. The highest BCUT2D eigenvalue weighted by Gasteiger charge is 2.26. The molecule has 2 unspecified atom stereocenters. The normalized spacial score (nSPS) is 13.7. The molecule has 0 heterocycles. The number of phosphoric acid groups is 1. The summed E-state index contributed by atoms with van der Waals surface area (Å²) in [7, 11) is -4.40. The van der Waals surface area contributed by atoms with Crippen LogP contribution in [0.15, 0.2) is 134 Å². The Labute approximate surface area is 535 Å². The van der Waals surface area contributed by atoms with Crippen LogP contribution in [0.5, 0.6) is 0 Å². The smallest absolute Gasteiger partial charge is 0.462 e. The van der Waals surface area contributed by atoms with E-state index < -0.39 is 26.5 Å². The van der Waals surface area contributed by atoms with Crippen molar-refractivity contribution in [3.63, 3.8) is 0 Å². The van der Waals surface area contributed by atoms with Crippen molar-refractivity contribution in [2.24, 2.45) is 5.73 Å². The van der Waals surface area contributed by atoms with Gasteiger partial charge in [-0.2, -0.15) is 0 Å². The number of ether oxygens (including phenoxy) is 2. The first-order valence-electron chi connectivity index (χ1n) is 35.7. The first-order valence-corrected chi connectivity index (χ1v) is 37.2. The third-order valence-corrected chi connectivity index (χ3v) is 16.0. The molecule has 0 aliphatic rings. The van der Waals surface area contributed by atoms with E-state index in [1.807, 2.05) is 0 Å².